The smallest absolute Gasteiger partial charge is 0.458 e. The van der Waals surface area contributed by atoms with Crippen molar-refractivity contribution in [3.8, 4) is 0 Å². The van der Waals surface area contributed by atoms with Gasteiger partial charge in [0.05, 0.1) is 25.7 Å². The van der Waals surface area contributed by atoms with Crippen LogP contribution in [0.15, 0.2) is 10.6 Å². The molecule has 0 aromatic carbocycles. The van der Waals surface area contributed by atoms with Crippen molar-refractivity contribution in [1.29, 1.82) is 0 Å². The molecule has 1 N–H and O–H groups in total. The fourth-order valence-electron chi connectivity index (χ4n) is 4.27. The maximum Gasteiger partial charge on any atom is 0.472 e. The summed E-state index contributed by atoms with van der Waals surface area (Å²) < 4.78 is 33.3. The van der Waals surface area contributed by atoms with Crippen molar-refractivity contribution in [3.63, 3.8) is 0 Å². The molecule has 1 rings (SSSR count). The molecule has 0 radical (unpaired) electrons. The van der Waals surface area contributed by atoms with Gasteiger partial charge in [0.2, 0.25) is 0 Å². The van der Waals surface area contributed by atoms with Crippen LogP contribution in [0, 0.1) is 0 Å². The highest BCUT2D eigenvalue weighted by Gasteiger charge is 2.25. The maximum atomic E-state index is 12.2. The number of carbonyl (C=O) groups is 1. The van der Waals surface area contributed by atoms with E-state index in [0.29, 0.717) is 13.0 Å². The number of carbonyl (C=O) groups excluding carboxylic acids is 1. The van der Waals surface area contributed by atoms with Crippen LogP contribution < -0.4 is 0 Å². The van der Waals surface area contributed by atoms with Gasteiger partial charge in [-0.3, -0.25) is 13.8 Å². The Balaban J connectivity index is 2.07. The zero-order valence-corrected chi connectivity index (χ0v) is 26.1. The minimum absolute atomic E-state index is 0.0785. The molecule has 0 bridgehead atoms. The van der Waals surface area contributed by atoms with Crippen molar-refractivity contribution in [2.75, 3.05) is 39.4 Å². The molecule has 0 spiro atoms. The molecule has 0 aromatic heterocycles. The Kier molecular flexibility index (Phi) is 20.7. The molecule has 0 aliphatic carbocycles. The van der Waals surface area contributed by atoms with Crippen LogP contribution in [-0.4, -0.2) is 61.2 Å². The number of unbranched alkanes of at least 4 members (excludes halogenated alkanes) is 13. The summed E-state index contributed by atoms with van der Waals surface area (Å²) in [6.45, 7) is 6.07. The fraction of sp³-hybridized carbons (Fsp3) is 0.893. The maximum absolute atomic E-state index is 12.2. The van der Waals surface area contributed by atoms with E-state index < -0.39 is 19.9 Å². The number of phosphoric acid groups is 1. The molecule has 0 amide bonds. The van der Waals surface area contributed by atoms with E-state index in [2.05, 4.69) is 11.8 Å². The molecule has 0 saturated heterocycles. The van der Waals surface area contributed by atoms with Crippen molar-refractivity contribution in [2.24, 2.45) is 0 Å². The standard InChI is InChI=1S/C28H54NO7PS/c1-5-6-7-8-9-10-11-12-13-14-15-16-17-18-20-33-22-27(36-26(3)30)23-35-37(31,32)34-21-19-28-25(2)29(4)24-38-28/h27H,5-24H2,1-4H3,(H,31,32). The molecule has 1 heterocycles. The van der Waals surface area contributed by atoms with E-state index in [4.69, 9.17) is 18.5 Å². The Morgan fingerprint density at radius 3 is 1.97 bits per heavy atom. The van der Waals surface area contributed by atoms with Crippen LogP contribution in [0.1, 0.15) is 117 Å². The van der Waals surface area contributed by atoms with Crippen LogP contribution in [0.2, 0.25) is 0 Å². The van der Waals surface area contributed by atoms with Crippen molar-refractivity contribution in [1.82, 2.24) is 4.90 Å². The highest BCUT2D eigenvalue weighted by atomic mass is 32.2. The average Bonchev–Trinajstić information content (AvgIpc) is 3.19. The molecule has 0 fully saturated rings. The largest absolute Gasteiger partial charge is 0.472 e. The monoisotopic (exact) mass is 579 g/mol. The third-order valence-electron chi connectivity index (χ3n) is 6.69. The first-order chi connectivity index (χ1) is 18.2. The van der Waals surface area contributed by atoms with Gasteiger partial charge in [0.15, 0.2) is 0 Å². The van der Waals surface area contributed by atoms with Crippen LogP contribution >= 0.6 is 19.6 Å². The van der Waals surface area contributed by atoms with Gasteiger partial charge < -0.3 is 19.3 Å². The zero-order valence-electron chi connectivity index (χ0n) is 24.4. The van der Waals surface area contributed by atoms with Crippen LogP contribution in [0.4, 0.5) is 0 Å². The molecular weight excluding hydrogens is 525 g/mol. The van der Waals surface area contributed by atoms with E-state index in [9.17, 15) is 14.3 Å². The minimum atomic E-state index is -4.25. The lowest BCUT2D eigenvalue weighted by atomic mass is 10.0. The number of ether oxygens (including phenoxy) is 2. The molecule has 2 unspecified atom stereocenters. The van der Waals surface area contributed by atoms with Gasteiger partial charge in [0.1, 0.15) is 6.10 Å². The normalized spacial score (nSPS) is 16.2. The fourth-order valence-corrected chi connectivity index (χ4v) is 6.16. The second-order valence-electron chi connectivity index (χ2n) is 10.2. The highest BCUT2D eigenvalue weighted by Crippen LogP contribution is 2.44. The molecular formula is C28H54NO7PS. The minimum Gasteiger partial charge on any atom is -0.458 e. The van der Waals surface area contributed by atoms with E-state index in [-0.39, 0.29) is 19.8 Å². The van der Waals surface area contributed by atoms with Gasteiger partial charge in [-0.1, -0.05) is 90.4 Å². The molecule has 224 valence electrons. The van der Waals surface area contributed by atoms with Crippen LogP contribution in [0.5, 0.6) is 0 Å². The summed E-state index contributed by atoms with van der Waals surface area (Å²) in [5.41, 5.74) is 1.15. The lowest BCUT2D eigenvalue weighted by Gasteiger charge is -2.19. The summed E-state index contributed by atoms with van der Waals surface area (Å²) in [5, 5.41) is 0. The Morgan fingerprint density at radius 2 is 1.47 bits per heavy atom. The van der Waals surface area contributed by atoms with Crippen molar-refractivity contribution >= 4 is 25.6 Å². The summed E-state index contributed by atoms with van der Waals surface area (Å²) >= 11 is 1.70. The first-order valence-electron chi connectivity index (χ1n) is 14.7. The number of hydrogen-bond acceptors (Lipinski definition) is 8. The third kappa shape index (κ3) is 18.7. The lowest BCUT2D eigenvalue weighted by Crippen LogP contribution is -2.27. The summed E-state index contributed by atoms with van der Waals surface area (Å²) in [7, 11) is -2.24. The summed E-state index contributed by atoms with van der Waals surface area (Å²) in [5.74, 6) is 0.384. The van der Waals surface area contributed by atoms with E-state index in [1.165, 1.54) is 84.0 Å². The van der Waals surface area contributed by atoms with Gasteiger partial charge >= 0.3 is 13.8 Å². The Labute approximate surface area is 236 Å². The van der Waals surface area contributed by atoms with Gasteiger partial charge in [0, 0.05) is 37.6 Å². The van der Waals surface area contributed by atoms with Crippen molar-refractivity contribution in [2.45, 2.75) is 123 Å². The molecule has 0 aromatic rings. The molecule has 10 heteroatoms. The molecule has 1 aliphatic rings. The summed E-state index contributed by atoms with van der Waals surface area (Å²) in [6.07, 6.45) is 18.0. The highest BCUT2D eigenvalue weighted by molar-refractivity contribution is 8.03. The number of thioether (sulfide) groups is 1. The van der Waals surface area contributed by atoms with E-state index in [1.807, 2.05) is 14.0 Å². The Hall–Kier alpha value is -0.570. The number of hydrogen-bond donors (Lipinski definition) is 1. The first-order valence-corrected chi connectivity index (χ1v) is 17.1. The van der Waals surface area contributed by atoms with Gasteiger partial charge in [-0.05, 0) is 13.3 Å². The average molecular weight is 580 g/mol. The molecule has 0 saturated carbocycles. The van der Waals surface area contributed by atoms with Gasteiger partial charge in [-0.15, -0.1) is 11.8 Å². The van der Waals surface area contributed by atoms with Gasteiger partial charge in [-0.25, -0.2) is 4.57 Å². The Morgan fingerprint density at radius 1 is 0.921 bits per heavy atom. The summed E-state index contributed by atoms with van der Waals surface area (Å²) in [6, 6.07) is 0. The SMILES string of the molecule is CCCCCCCCCCCCCCCCOCC(COP(=O)(O)OCCC1=C(C)N(C)CS1)OC(C)=O. The predicted octanol–water partition coefficient (Wildman–Crippen LogP) is 7.81. The zero-order chi connectivity index (χ0) is 28.1. The van der Waals surface area contributed by atoms with E-state index in [0.717, 1.165) is 29.3 Å². The second-order valence-corrected chi connectivity index (χ2v) is 12.7. The predicted molar refractivity (Wildman–Crippen MR) is 156 cm³/mol. The van der Waals surface area contributed by atoms with Crippen LogP contribution in [0.3, 0.4) is 0 Å². The van der Waals surface area contributed by atoms with Crippen molar-refractivity contribution < 1.29 is 32.8 Å². The topological polar surface area (TPSA) is 94.5 Å². The van der Waals surface area contributed by atoms with E-state index >= 15 is 0 Å². The summed E-state index contributed by atoms with van der Waals surface area (Å²) in [4.78, 5) is 24.7. The number of esters is 1. The number of phosphoric ester groups is 1. The molecule has 8 nitrogen and oxygen atoms in total. The molecule has 38 heavy (non-hydrogen) atoms. The number of rotatable bonds is 25. The van der Waals surface area contributed by atoms with Crippen molar-refractivity contribution in [3.05, 3.63) is 10.6 Å². The lowest BCUT2D eigenvalue weighted by molar-refractivity contribution is -0.151. The van der Waals surface area contributed by atoms with Crippen LogP contribution in [0.25, 0.3) is 0 Å². The Bertz CT molecular complexity index is 707. The third-order valence-corrected chi connectivity index (χ3v) is 9.04. The number of allylic oxidation sites excluding steroid dienone is 1. The quantitative estimate of drug-likeness (QED) is 0.0660. The molecule has 1 aliphatic heterocycles. The number of nitrogens with zero attached hydrogens (tertiary/aromatic N) is 1. The van der Waals surface area contributed by atoms with Gasteiger partial charge in [-0.2, -0.15) is 0 Å². The molecule has 2 atom stereocenters. The first kappa shape index (κ1) is 35.5. The van der Waals surface area contributed by atoms with Crippen LogP contribution in [-0.2, 0) is 27.9 Å². The second kappa shape index (κ2) is 22.2. The van der Waals surface area contributed by atoms with Gasteiger partial charge in [0.25, 0.3) is 0 Å². The van der Waals surface area contributed by atoms with E-state index in [1.54, 1.807) is 11.8 Å².